The molecule has 0 aliphatic rings. The minimum atomic E-state index is -0.585. The second kappa shape index (κ2) is 10.1. The maximum Gasteiger partial charge on any atom is 0.0894 e. The van der Waals surface area contributed by atoms with Crippen LogP contribution in [0.15, 0.2) is 12.2 Å². The van der Waals surface area contributed by atoms with Gasteiger partial charge in [-0.2, -0.15) is 0 Å². The Kier molecular flexibility index (Phi) is 9.89. The van der Waals surface area contributed by atoms with E-state index in [0.717, 1.165) is 6.42 Å². The van der Waals surface area contributed by atoms with Gasteiger partial charge in [-0.3, -0.25) is 0 Å². The zero-order chi connectivity index (χ0) is 11.5. The smallest absolute Gasteiger partial charge is 0.0894 e. The SMILES string of the molecule is CCCCC/C=C/[C@H](O)[C@@H](N)COCC. The van der Waals surface area contributed by atoms with Crippen LogP contribution in [0, 0.1) is 0 Å². The summed E-state index contributed by atoms with van der Waals surface area (Å²) >= 11 is 0. The summed E-state index contributed by atoms with van der Waals surface area (Å²) < 4.78 is 5.14. The average Bonchev–Trinajstić information content (AvgIpc) is 2.25. The predicted molar refractivity (Wildman–Crippen MR) is 63.8 cm³/mol. The average molecular weight is 215 g/mol. The molecule has 0 unspecified atom stereocenters. The Morgan fingerprint density at radius 1 is 1.33 bits per heavy atom. The zero-order valence-corrected chi connectivity index (χ0v) is 9.98. The topological polar surface area (TPSA) is 55.5 Å². The van der Waals surface area contributed by atoms with Crippen LogP contribution in [0.2, 0.25) is 0 Å². The molecule has 0 fully saturated rings. The monoisotopic (exact) mass is 215 g/mol. The third-order valence-electron chi connectivity index (χ3n) is 2.26. The Morgan fingerprint density at radius 2 is 2.07 bits per heavy atom. The van der Waals surface area contributed by atoms with E-state index in [0.29, 0.717) is 13.2 Å². The molecule has 15 heavy (non-hydrogen) atoms. The number of hydrogen-bond acceptors (Lipinski definition) is 3. The summed E-state index contributed by atoms with van der Waals surface area (Å²) in [6, 6.07) is -0.313. The van der Waals surface area contributed by atoms with Crippen molar-refractivity contribution in [3.05, 3.63) is 12.2 Å². The molecule has 0 saturated carbocycles. The lowest BCUT2D eigenvalue weighted by atomic mass is 10.1. The molecule has 3 N–H and O–H groups in total. The van der Waals surface area contributed by atoms with Gasteiger partial charge in [0.15, 0.2) is 0 Å². The summed E-state index contributed by atoms with van der Waals surface area (Å²) in [5.74, 6) is 0. The van der Waals surface area contributed by atoms with E-state index in [-0.39, 0.29) is 6.04 Å². The zero-order valence-electron chi connectivity index (χ0n) is 9.98. The molecule has 3 nitrogen and oxygen atoms in total. The minimum absolute atomic E-state index is 0.313. The molecule has 0 aliphatic carbocycles. The second-order valence-electron chi connectivity index (χ2n) is 3.74. The molecule has 0 amide bonds. The van der Waals surface area contributed by atoms with Crippen LogP contribution in [-0.2, 0) is 4.74 Å². The third-order valence-corrected chi connectivity index (χ3v) is 2.26. The first-order chi connectivity index (χ1) is 7.22. The fourth-order valence-corrected chi connectivity index (χ4v) is 1.24. The summed E-state index contributed by atoms with van der Waals surface area (Å²) in [7, 11) is 0. The number of aliphatic hydroxyl groups is 1. The summed E-state index contributed by atoms with van der Waals surface area (Å²) in [4.78, 5) is 0. The summed E-state index contributed by atoms with van der Waals surface area (Å²) in [5, 5.41) is 9.61. The lowest BCUT2D eigenvalue weighted by molar-refractivity contribution is 0.0880. The van der Waals surface area contributed by atoms with Gasteiger partial charge in [-0.25, -0.2) is 0 Å². The van der Waals surface area contributed by atoms with Crippen molar-refractivity contribution in [2.75, 3.05) is 13.2 Å². The number of hydrogen-bond donors (Lipinski definition) is 2. The Morgan fingerprint density at radius 3 is 2.67 bits per heavy atom. The van der Waals surface area contributed by atoms with E-state index in [2.05, 4.69) is 6.92 Å². The van der Waals surface area contributed by atoms with Crippen LogP contribution in [-0.4, -0.2) is 30.5 Å². The van der Waals surface area contributed by atoms with E-state index in [1.807, 2.05) is 13.0 Å². The fourth-order valence-electron chi connectivity index (χ4n) is 1.24. The van der Waals surface area contributed by atoms with Crippen LogP contribution >= 0.6 is 0 Å². The number of rotatable bonds is 9. The third kappa shape index (κ3) is 8.60. The van der Waals surface area contributed by atoms with Gasteiger partial charge >= 0.3 is 0 Å². The van der Waals surface area contributed by atoms with E-state index in [4.69, 9.17) is 10.5 Å². The van der Waals surface area contributed by atoms with Crippen molar-refractivity contribution in [1.82, 2.24) is 0 Å². The Labute approximate surface area is 93.3 Å². The van der Waals surface area contributed by atoms with E-state index >= 15 is 0 Å². The van der Waals surface area contributed by atoms with E-state index in [1.54, 1.807) is 6.08 Å². The van der Waals surface area contributed by atoms with Crippen molar-refractivity contribution < 1.29 is 9.84 Å². The van der Waals surface area contributed by atoms with Gasteiger partial charge in [0.1, 0.15) is 0 Å². The number of aliphatic hydroxyl groups excluding tert-OH is 1. The highest BCUT2D eigenvalue weighted by molar-refractivity contribution is 4.93. The molecule has 3 heteroatoms. The van der Waals surface area contributed by atoms with Crippen molar-refractivity contribution in [3.63, 3.8) is 0 Å². The Balaban J connectivity index is 3.56. The predicted octanol–water partition coefficient (Wildman–Crippen LogP) is 1.85. The number of nitrogens with two attached hydrogens (primary N) is 1. The second-order valence-corrected chi connectivity index (χ2v) is 3.74. The Hall–Kier alpha value is -0.380. The van der Waals surface area contributed by atoms with Crippen molar-refractivity contribution in [1.29, 1.82) is 0 Å². The van der Waals surface area contributed by atoms with E-state index < -0.39 is 6.10 Å². The van der Waals surface area contributed by atoms with Crippen LogP contribution in [0.1, 0.15) is 39.5 Å². The van der Waals surface area contributed by atoms with Gasteiger partial charge in [-0.05, 0) is 19.8 Å². The number of ether oxygens (including phenoxy) is 1. The van der Waals surface area contributed by atoms with Crippen molar-refractivity contribution in [2.24, 2.45) is 5.73 Å². The van der Waals surface area contributed by atoms with Crippen molar-refractivity contribution >= 4 is 0 Å². The molecule has 0 aromatic heterocycles. The number of unbranched alkanes of at least 4 members (excludes halogenated alkanes) is 3. The highest BCUT2D eigenvalue weighted by Gasteiger charge is 2.10. The first kappa shape index (κ1) is 14.6. The highest BCUT2D eigenvalue weighted by Crippen LogP contribution is 2.01. The molecule has 0 saturated heterocycles. The normalized spacial score (nSPS) is 15.7. The van der Waals surface area contributed by atoms with Crippen molar-refractivity contribution in [3.8, 4) is 0 Å². The van der Waals surface area contributed by atoms with Gasteiger partial charge in [0.2, 0.25) is 0 Å². The van der Waals surface area contributed by atoms with Crippen molar-refractivity contribution in [2.45, 2.75) is 51.7 Å². The maximum absolute atomic E-state index is 9.61. The molecule has 0 aliphatic heterocycles. The maximum atomic E-state index is 9.61. The van der Waals surface area contributed by atoms with Gasteiger partial charge in [-0.15, -0.1) is 0 Å². The first-order valence-electron chi connectivity index (χ1n) is 5.90. The summed E-state index contributed by atoms with van der Waals surface area (Å²) in [5.41, 5.74) is 5.72. The quantitative estimate of drug-likeness (QED) is 0.456. The van der Waals surface area contributed by atoms with Gasteiger partial charge in [0.25, 0.3) is 0 Å². The van der Waals surface area contributed by atoms with Gasteiger partial charge in [0.05, 0.1) is 18.8 Å². The fraction of sp³-hybridized carbons (Fsp3) is 0.833. The molecule has 90 valence electrons. The van der Waals surface area contributed by atoms with E-state index in [1.165, 1.54) is 19.3 Å². The molecule has 2 atom stereocenters. The highest BCUT2D eigenvalue weighted by atomic mass is 16.5. The van der Waals surface area contributed by atoms with Gasteiger partial charge < -0.3 is 15.6 Å². The summed E-state index contributed by atoms with van der Waals surface area (Å²) in [6.45, 7) is 5.15. The molecule has 0 aromatic carbocycles. The molecule has 0 radical (unpaired) electrons. The molecule has 0 heterocycles. The minimum Gasteiger partial charge on any atom is -0.387 e. The lowest BCUT2D eigenvalue weighted by Crippen LogP contribution is -2.37. The van der Waals surface area contributed by atoms with Gasteiger partial charge in [-0.1, -0.05) is 31.9 Å². The van der Waals surface area contributed by atoms with Crippen LogP contribution in [0.25, 0.3) is 0 Å². The van der Waals surface area contributed by atoms with Crippen LogP contribution in [0.3, 0.4) is 0 Å². The molecule has 0 spiro atoms. The molecule has 0 rings (SSSR count). The van der Waals surface area contributed by atoms with Gasteiger partial charge in [0, 0.05) is 6.61 Å². The first-order valence-corrected chi connectivity index (χ1v) is 5.90. The largest absolute Gasteiger partial charge is 0.387 e. The molecular weight excluding hydrogens is 190 g/mol. The lowest BCUT2D eigenvalue weighted by Gasteiger charge is -2.14. The van der Waals surface area contributed by atoms with Crippen LogP contribution in [0.5, 0.6) is 0 Å². The Bertz CT molecular complexity index is 160. The van der Waals surface area contributed by atoms with E-state index in [9.17, 15) is 5.11 Å². The molecule has 0 aromatic rings. The molecule has 0 bridgehead atoms. The van der Waals surface area contributed by atoms with Crippen LogP contribution in [0.4, 0.5) is 0 Å². The number of allylic oxidation sites excluding steroid dienone is 1. The standard InChI is InChI=1S/C12H25NO2/c1-3-5-6-7-8-9-12(14)11(13)10-15-4-2/h8-9,11-12,14H,3-7,10,13H2,1-2H3/b9-8+/t11-,12-/m0/s1. The van der Waals surface area contributed by atoms with Crippen LogP contribution < -0.4 is 5.73 Å². The molecular formula is C12H25NO2. The summed E-state index contributed by atoms with van der Waals surface area (Å²) in [6.07, 6.45) is 7.86.